The minimum Gasteiger partial charge on any atom is -0.387 e. The molecule has 0 bridgehead atoms. The Hall–Kier alpha value is -0.120. The van der Waals surface area contributed by atoms with Crippen LogP contribution in [0.15, 0.2) is 0 Å². The topological polar surface area (TPSA) is 38.7 Å². The van der Waals surface area contributed by atoms with E-state index < -0.39 is 11.2 Å². The Morgan fingerprint density at radius 3 is 2.44 bits per heavy atom. The quantitative estimate of drug-likeness (QED) is 0.839. The summed E-state index contributed by atoms with van der Waals surface area (Å²) in [4.78, 5) is 0. The Labute approximate surface area is 111 Å². The molecule has 2 rings (SSSR count). The molecule has 1 aliphatic heterocycles. The van der Waals surface area contributed by atoms with Crippen molar-refractivity contribution in [1.82, 2.24) is 0 Å². The van der Waals surface area contributed by atoms with Gasteiger partial charge in [-0.05, 0) is 32.6 Å². The summed E-state index contributed by atoms with van der Waals surface area (Å²) in [6.07, 6.45) is 9.11. The molecule has 0 aromatic rings. The molecule has 3 nitrogen and oxygen atoms in total. The van der Waals surface area contributed by atoms with Gasteiger partial charge in [0.15, 0.2) is 6.29 Å². The maximum atomic E-state index is 10.8. The Morgan fingerprint density at radius 1 is 1.22 bits per heavy atom. The molecular weight excluding hydrogens is 228 g/mol. The average molecular weight is 256 g/mol. The van der Waals surface area contributed by atoms with Crippen molar-refractivity contribution >= 4 is 0 Å². The van der Waals surface area contributed by atoms with Crippen molar-refractivity contribution in [2.45, 2.75) is 82.7 Å². The molecule has 2 fully saturated rings. The zero-order valence-electron chi connectivity index (χ0n) is 12.1. The van der Waals surface area contributed by atoms with Gasteiger partial charge in [-0.3, -0.25) is 0 Å². The van der Waals surface area contributed by atoms with Gasteiger partial charge in [0, 0.05) is 13.5 Å². The molecule has 1 N–H and O–H groups in total. The van der Waals surface area contributed by atoms with Gasteiger partial charge in [0.2, 0.25) is 0 Å². The predicted octanol–water partition coefficient (Wildman–Crippen LogP) is 3.25. The van der Waals surface area contributed by atoms with Crippen LogP contribution < -0.4 is 0 Å². The Bertz CT molecular complexity index is 271. The molecule has 0 aromatic carbocycles. The second-order valence-corrected chi connectivity index (χ2v) is 6.57. The van der Waals surface area contributed by atoms with Crippen LogP contribution in [0.1, 0.15) is 65.2 Å². The van der Waals surface area contributed by atoms with E-state index >= 15 is 0 Å². The van der Waals surface area contributed by atoms with Crippen LogP contribution in [0, 0.1) is 5.92 Å². The van der Waals surface area contributed by atoms with E-state index in [2.05, 4.69) is 0 Å². The molecule has 2 atom stereocenters. The Balaban J connectivity index is 1.89. The smallest absolute Gasteiger partial charge is 0.160 e. The maximum Gasteiger partial charge on any atom is 0.160 e. The molecule has 1 heterocycles. The van der Waals surface area contributed by atoms with Gasteiger partial charge in [-0.1, -0.05) is 32.1 Å². The lowest BCUT2D eigenvalue weighted by Gasteiger charge is -2.36. The largest absolute Gasteiger partial charge is 0.387 e. The first-order chi connectivity index (χ1) is 8.47. The van der Waals surface area contributed by atoms with Crippen molar-refractivity contribution in [2.75, 3.05) is 7.11 Å². The van der Waals surface area contributed by atoms with E-state index in [-0.39, 0.29) is 6.29 Å². The first-order valence-corrected chi connectivity index (χ1v) is 7.40. The second kappa shape index (κ2) is 5.48. The summed E-state index contributed by atoms with van der Waals surface area (Å²) < 4.78 is 11.0. The van der Waals surface area contributed by atoms with E-state index in [4.69, 9.17) is 9.47 Å². The zero-order valence-corrected chi connectivity index (χ0v) is 12.1. The number of hydrogen-bond acceptors (Lipinski definition) is 3. The van der Waals surface area contributed by atoms with Crippen molar-refractivity contribution in [2.24, 2.45) is 5.92 Å². The number of methoxy groups -OCH3 is 1. The normalized spacial score (nSPS) is 37.0. The fourth-order valence-electron chi connectivity index (χ4n) is 3.45. The second-order valence-electron chi connectivity index (χ2n) is 6.57. The van der Waals surface area contributed by atoms with E-state index in [1.54, 1.807) is 7.11 Å². The van der Waals surface area contributed by atoms with Crippen molar-refractivity contribution in [1.29, 1.82) is 0 Å². The van der Waals surface area contributed by atoms with E-state index in [9.17, 15) is 5.11 Å². The van der Waals surface area contributed by atoms with Gasteiger partial charge in [0.25, 0.3) is 0 Å². The molecule has 106 valence electrons. The molecular formula is C15H28O3. The summed E-state index contributed by atoms with van der Waals surface area (Å²) in [6, 6.07) is 0. The summed E-state index contributed by atoms with van der Waals surface area (Å²) in [6.45, 7) is 3.96. The van der Waals surface area contributed by atoms with Crippen LogP contribution in [0.5, 0.6) is 0 Å². The fourth-order valence-corrected chi connectivity index (χ4v) is 3.45. The Kier molecular flexibility index (Phi) is 4.35. The number of ether oxygens (including phenoxy) is 2. The van der Waals surface area contributed by atoms with E-state index in [0.29, 0.717) is 6.42 Å². The van der Waals surface area contributed by atoms with Gasteiger partial charge < -0.3 is 14.6 Å². The first-order valence-electron chi connectivity index (χ1n) is 7.40. The van der Waals surface area contributed by atoms with Crippen LogP contribution in [0.2, 0.25) is 0 Å². The minimum absolute atomic E-state index is 0.253. The standard InChI is InChI=1S/C15H28O3/c1-14(2)15(16,11-13(17-3)18-14)10-9-12-7-5-4-6-8-12/h12-13,16H,4-11H2,1-3H3. The molecule has 18 heavy (non-hydrogen) atoms. The Morgan fingerprint density at radius 2 is 1.89 bits per heavy atom. The molecule has 2 aliphatic rings. The van der Waals surface area contributed by atoms with Crippen molar-refractivity contribution in [3.05, 3.63) is 0 Å². The third-order valence-corrected chi connectivity index (χ3v) is 5.00. The lowest BCUT2D eigenvalue weighted by atomic mass is 9.77. The summed E-state index contributed by atoms with van der Waals surface area (Å²) >= 11 is 0. The van der Waals surface area contributed by atoms with Gasteiger partial charge in [-0.25, -0.2) is 0 Å². The van der Waals surface area contributed by atoms with Crippen LogP contribution in [-0.4, -0.2) is 29.7 Å². The summed E-state index contributed by atoms with van der Waals surface area (Å²) in [7, 11) is 1.65. The van der Waals surface area contributed by atoms with Gasteiger partial charge in [0.05, 0.1) is 11.2 Å². The van der Waals surface area contributed by atoms with Crippen molar-refractivity contribution < 1.29 is 14.6 Å². The monoisotopic (exact) mass is 256 g/mol. The maximum absolute atomic E-state index is 10.8. The van der Waals surface area contributed by atoms with Crippen LogP contribution in [-0.2, 0) is 9.47 Å². The highest BCUT2D eigenvalue weighted by Gasteiger charge is 2.53. The van der Waals surface area contributed by atoms with Crippen LogP contribution >= 0.6 is 0 Å². The molecule has 2 unspecified atom stereocenters. The highest BCUT2D eigenvalue weighted by molar-refractivity contribution is 5.01. The SMILES string of the molecule is COC1CC(O)(CCC2CCCCC2)C(C)(C)O1. The minimum atomic E-state index is -0.731. The summed E-state index contributed by atoms with van der Waals surface area (Å²) in [5, 5.41) is 10.8. The molecule has 1 saturated heterocycles. The lowest BCUT2D eigenvalue weighted by Crippen LogP contribution is -2.46. The lowest BCUT2D eigenvalue weighted by molar-refractivity contribution is -0.165. The van der Waals surface area contributed by atoms with Crippen LogP contribution in [0.4, 0.5) is 0 Å². The predicted molar refractivity (Wildman–Crippen MR) is 71.3 cm³/mol. The van der Waals surface area contributed by atoms with Crippen molar-refractivity contribution in [3.63, 3.8) is 0 Å². The summed E-state index contributed by atoms with van der Waals surface area (Å²) in [5.74, 6) is 0.806. The third kappa shape index (κ3) is 2.89. The molecule has 0 amide bonds. The molecule has 0 spiro atoms. The molecule has 0 radical (unpaired) electrons. The van der Waals surface area contributed by atoms with E-state index in [1.165, 1.54) is 32.1 Å². The fraction of sp³-hybridized carbons (Fsp3) is 1.00. The van der Waals surface area contributed by atoms with Crippen LogP contribution in [0.25, 0.3) is 0 Å². The van der Waals surface area contributed by atoms with Crippen LogP contribution in [0.3, 0.4) is 0 Å². The third-order valence-electron chi connectivity index (χ3n) is 5.00. The molecule has 3 heteroatoms. The first kappa shape index (κ1) is 14.3. The molecule has 1 saturated carbocycles. The number of aliphatic hydroxyl groups is 1. The average Bonchev–Trinajstić information content (AvgIpc) is 2.59. The molecule has 1 aliphatic carbocycles. The van der Waals surface area contributed by atoms with E-state index in [1.807, 2.05) is 13.8 Å². The van der Waals surface area contributed by atoms with Crippen molar-refractivity contribution in [3.8, 4) is 0 Å². The highest BCUT2D eigenvalue weighted by Crippen LogP contribution is 2.44. The van der Waals surface area contributed by atoms with Gasteiger partial charge >= 0.3 is 0 Å². The van der Waals surface area contributed by atoms with Gasteiger partial charge in [0.1, 0.15) is 0 Å². The molecule has 0 aromatic heterocycles. The van der Waals surface area contributed by atoms with E-state index in [0.717, 1.165) is 18.8 Å². The number of hydrogen-bond donors (Lipinski definition) is 1. The van der Waals surface area contributed by atoms with Gasteiger partial charge in [-0.15, -0.1) is 0 Å². The number of rotatable bonds is 4. The highest BCUT2D eigenvalue weighted by atomic mass is 16.7. The zero-order chi connectivity index (χ0) is 13.2. The summed E-state index contributed by atoms with van der Waals surface area (Å²) in [5.41, 5.74) is -1.23. The van der Waals surface area contributed by atoms with Gasteiger partial charge in [-0.2, -0.15) is 0 Å².